The number of hydrogen-bond acceptors (Lipinski definition) is 4. The van der Waals surface area contributed by atoms with Gasteiger partial charge in [0.05, 0.1) is 11.0 Å². The predicted octanol–water partition coefficient (Wildman–Crippen LogP) is 1.12. The molecule has 0 radical (unpaired) electrons. The summed E-state index contributed by atoms with van der Waals surface area (Å²) < 4.78 is 32.2. The van der Waals surface area contributed by atoms with Crippen LogP contribution in [0.25, 0.3) is 0 Å². The Bertz CT molecular complexity index is 599. The van der Waals surface area contributed by atoms with E-state index >= 15 is 0 Å². The third kappa shape index (κ3) is 3.03. The average molecular weight is 299 g/mol. The van der Waals surface area contributed by atoms with E-state index in [4.69, 9.17) is 4.74 Å². The monoisotopic (exact) mass is 299 g/mol. The molecular weight excluding hydrogens is 278 g/mol. The Kier molecular flexibility index (Phi) is 4.20. The summed E-state index contributed by atoms with van der Waals surface area (Å²) in [4.78, 5) is 0.218. The Balaban J connectivity index is 2.13. The van der Waals surface area contributed by atoms with Gasteiger partial charge in [0, 0.05) is 19.6 Å². The van der Waals surface area contributed by atoms with Crippen LogP contribution in [-0.2, 0) is 14.8 Å². The third-order valence-electron chi connectivity index (χ3n) is 4.02. The van der Waals surface area contributed by atoms with Crippen molar-refractivity contribution in [3.8, 4) is 0 Å². The molecule has 1 fully saturated rings. The first kappa shape index (κ1) is 15.4. The summed E-state index contributed by atoms with van der Waals surface area (Å²) in [6.07, 6.45) is 0.0637. The fraction of sp³-hybridized carbons (Fsp3) is 0.571. The van der Waals surface area contributed by atoms with Crippen LogP contribution in [0.5, 0.6) is 0 Å². The van der Waals surface area contributed by atoms with Gasteiger partial charge in [-0.05, 0) is 44.0 Å². The van der Waals surface area contributed by atoms with Gasteiger partial charge in [-0.1, -0.05) is 6.07 Å². The second kappa shape index (κ2) is 5.44. The van der Waals surface area contributed by atoms with Crippen LogP contribution in [0.15, 0.2) is 23.1 Å². The molecule has 2 unspecified atom stereocenters. The fourth-order valence-electron chi connectivity index (χ4n) is 2.19. The second-order valence-electron chi connectivity index (χ2n) is 5.44. The zero-order valence-corrected chi connectivity index (χ0v) is 12.8. The van der Waals surface area contributed by atoms with E-state index in [9.17, 15) is 13.5 Å². The summed E-state index contributed by atoms with van der Waals surface area (Å²) in [5.74, 6) is 0. The van der Waals surface area contributed by atoms with E-state index in [2.05, 4.69) is 4.72 Å². The Morgan fingerprint density at radius 2 is 2.10 bits per heavy atom. The van der Waals surface area contributed by atoms with Crippen LogP contribution < -0.4 is 4.72 Å². The number of hydrogen-bond donors (Lipinski definition) is 2. The minimum atomic E-state index is -3.61. The van der Waals surface area contributed by atoms with E-state index in [0.29, 0.717) is 13.0 Å². The number of sulfonamides is 1. The summed E-state index contributed by atoms with van der Waals surface area (Å²) >= 11 is 0. The van der Waals surface area contributed by atoms with Crippen LogP contribution >= 0.6 is 0 Å². The van der Waals surface area contributed by atoms with Crippen molar-refractivity contribution in [2.75, 3.05) is 13.2 Å². The minimum absolute atomic E-state index is 0.0383. The van der Waals surface area contributed by atoms with Gasteiger partial charge in [0.1, 0.15) is 5.60 Å². The normalized spacial score (nSPS) is 26.9. The average Bonchev–Trinajstić information content (AvgIpc) is 2.71. The van der Waals surface area contributed by atoms with E-state index in [1.807, 2.05) is 13.8 Å². The van der Waals surface area contributed by atoms with Gasteiger partial charge < -0.3 is 9.84 Å². The van der Waals surface area contributed by atoms with Gasteiger partial charge in [-0.3, -0.25) is 0 Å². The molecule has 0 saturated carbocycles. The molecule has 5 nitrogen and oxygen atoms in total. The van der Waals surface area contributed by atoms with Crippen molar-refractivity contribution in [1.29, 1.82) is 0 Å². The van der Waals surface area contributed by atoms with Crippen molar-refractivity contribution < 1.29 is 18.3 Å². The number of aliphatic hydroxyl groups is 1. The van der Waals surface area contributed by atoms with Crippen LogP contribution in [-0.4, -0.2) is 38.4 Å². The summed E-state index contributed by atoms with van der Waals surface area (Å²) in [7, 11) is -3.61. The van der Waals surface area contributed by atoms with Gasteiger partial charge in [-0.15, -0.1) is 0 Å². The lowest BCUT2D eigenvalue weighted by Crippen LogP contribution is -2.47. The van der Waals surface area contributed by atoms with Crippen molar-refractivity contribution >= 4 is 10.0 Å². The molecule has 2 rings (SSSR count). The Labute approximate surface area is 120 Å². The molecular formula is C14H21NO4S. The van der Waals surface area contributed by atoms with Crippen LogP contribution in [0, 0.1) is 13.8 Å². The zero-order chi connectivity index (χ0) is 15.0. The summed E-state index contributed by atoms with van der Waals surface area (Å²) in [6.45, 7) is 5.96. The molecule has 1 aromatic rings. The highest BCUT2D eigenvalue weighted by atomic mass is 32.2. The minimum Gasteiger partial charge on any atom is -0.386 e. The van der Waals surface area contributed by atoms with Crippen molar-refractivity contribution in [2.45, 2.75) is 43.8 Å². The summed E-state index contributed by atoms with van der Waals surface area (Å²) in [5.41, 5.74) is 0.830. The Hall–Kier alpha value is -0.950. The van der Waals surface area contributed by atoms with E-state index in [-0.39, 0.29) is 17.5 Å². The summed E-state index contributed by atoms with van der Waals surface area (Å²) in [5, 5.41) is 10.3. The highest BCUT2D eigenvalue weighted by Gasteiger charge is 2.40. The largest absolute Gasteiger partial charge is 0.386 e. The summed E-state index contributed by atoms with van der Waals surface area (Å²) in [6, 6.07) is 4.99. The van der Waals surface area contributed by atoms with Crippen molar-refractivity contribution in [1.82, 2.24) is 4.72 Å². The Morgan fingerprint density at radius 3 is 2.65 bits per heavy atom. The number of ether oxygens (including phenoxy) is 1. The van der Waals surface area contributed by atoms with Gasteiger partial charge in [0.2, 0.25) is 10.0 Å². The lowest BCUT2D eigenvalue weighted by atomic mass is 9.97. The molecule has 0 amide bonds. The zero-order valence-electron chi connectivity index (χ0n) is 12.0. The molecule has 0 bridgehead atoms. The maximum Gasteiger partial charge on any atom is 0.240 e. The second-order valence-corrected chi connectivity index (χ2v) is 7.20. The standard InChI is InChI=1S/C14H21NO4S/c1-10-4-5-13(8-11(10)2)20(17,18)15-9-14(16)6-7-19-12(14)3/h4-5,8,12,15-16H,6-7,9H2,1-3H3. The Morgan fingerprint density at radius 1 is 1.40 bits per heavy atom. The van der Waals surface area contributed by atoms with Crippen molar-refractivity contribution in [3.05, 3.63) is 29.3 Å². The first-order valence-corrected chi connectivity index (χ1v) is 8.14. The molecule has 2 atom stereocenters. The maximum absolute atomic E-state index is 12.2. The molecule has 1 saturated heterocycles. The van der Waals surface area contributed by atoms with Gasteiger partial charge in [0.25, 0.3) is 0 Å². The van der Waals surface area contributed by atoms with E-state index in [1.54, 1.807) is 25.1 Å². The number of benzene rings is 1. The SMILES string of the molecule is Cc1ccc(S(=O)(=O)NCC2(O)CCOC2C)cc1C. The van der Waals surface area contributed by atoms with Gasteiger partial charge in [-0.25, -0.2) is 13.1 Å². The molecule has 1 aliphatic rings. The molecule has 1 heterocycles. The van der Waals surface area contributed by atoms with Crippen LogP contribution in [0.3, 0.4) is 0 Å². The first-order valence-electron chi connectivity index (χ1n) is 6.65. The van der Waals surface area contributed by atoms with Crippen LogP contribution in [0.2, 0.25) is 0 Å². The van der Waals surface area contributed by atoms with Crippen molar-refractivity contribution in [3.63, 3.8) is 0 Å². The molecule has 1 aliphatic heterocycles. The number of aryl methyl sites for hydroxylation is 2. The first-order chi connectivity index (χ1) is 9.24. The van der Waals surface area contributed by atoms with E-state index < -0.39 is 15.6 Å². The lowest BCUT2D eigenvalue weighted by molar-refractivity contribution is -0.0228. The predicted molar refractivity (Wildman–Crippen MR) is 76.1 cm³/mol. The highest BCUT2D eigenvalue weighted by molar-refractivity contribution is 7.89. The quantitative estimate of drug-likeness (QED) is 0.873. The molecule has 1 aromatic carbocycles. The van der Waals surface area contributed by atoms with E-state index in [0.717, 1.165) is 11.1 Å². The van der Waals surface area contributed by atoms with Gasteiger partial charge in [0.15, 0.2) is 0 Å². The lowest BCUT2D eigenvalue weighted by Gasteiger charge is -2.26. The fourth-order valence-corrected chi connectivity index (χ4v) is 3.37. The molecule has 112 valence electrons. The van der Waals surface area contributed by atoms with Crippen LogP contribution in [0.4, 0.5) is 0 Å². The number of rotatable bonds is 4. The molecule has 0 aromatic heterocycles. The van der Waals surface area contributed by atoms with Gasteiger partial charge in [-0.2, -0.15) is 0 Å². The highest BCUT2D eigenvalue weighted by Crippen LogP contribution is 2.25. The molecule has 0 aliphatic carbocycles. The molecule has 20 heavy (non-hydrogen) atoms. The van der Waals surface area contributed by atoms with Gasteiger partial charge >= 0.3 is 0 Å². The van der Waals surface area contributed by atoms with Crippen LogP contribution in [0.1, 0.15) is 24.5 Å². The molecule has 0 spiro atoms. The molecule has 6 heteroatoms. The molecule has 2 N–H and O–H groups in total. The topological polar surface area (TPSA) is 75.6 Å². The maximum atomic E-state index is 12.2. The van der Waals surface area contributed by atoms with Crippen molar-refractivity contribution in [2.24, 2.45) is 0 Å². The van der Waals surface area contributed by atoms with E-state index in [1.165, 1.54) is 0 Å². The third-order valence-corrected chi connectivity index (χ3v) is 5.42. The smallest absolute Gasteiger partial charge is 0.240 e. The number of nitrogens with one attached hydrogen (secondary N) is 1.